The van der Waals surface area contributed by atoms with Crippen molar-refractivity contribution in [2.24, 2.45) is 0 Å². The normalized spacial score (nSPS) is 14.4. The highest BCUT2D eigenvalue weighted by Crippen LogP contribution is 2.36. The predicted molar refractivity (Wildman–Crippen MR) is 224 cm³/mol. The maximum absolute atomic E-state index is 14.0. The third-order valence-electron chi connectivity index (χ3n) is 10.8. The molecule has 6 aromatic rings. The monoisotopic (exact) mass is 850 g/mol. The van der Waals surface area contributed by atoms with Gasteiger partial charge in [-0.2, -0.15) is 13.2 Å². The lowest BCUT2D eigenvalue weighted by Crippen LogP contribution is -2.43. The number of carbonyl (C=O) groups is 4. The second kappa shape index (κ2) is 18.6. The van der Waals surface area contributed by atoms with E-state index in [4.69, 9.17) is 4.74 Å². The Hall–Kier alpha value is -7.17. The van der Waals surface area contributed by atoms with Gasteiger partial charge < -0.3 is 39.9 Å². The topological polar surface area (TPSA) is 175 Å². The lowest BCUT2D eigenvalue weighted by molar-refractivity contribution is -0.138. The van der Waals surface area contributed by atoms with Gasteiger partial charge in [-0.1, -0.05) is 67.6 Å². The lowest BCUT2D eigenvalue weighted by Gasteiger charge is -2.28. The maximum Gasteiger partial charge on any atom is 0.416 e. The summed E-state index contributed by atoms with van der Waals surface area (Å²) in [5.41, 5.74) is 4.39. The van der Waals surface area contributed by atoms with Gasteiger partial charge in [-0.15, -0.1) is 0 Å². The molecule has 7 rings (SSSR count). The molecule has 1 fully saturated rings. The zero-order valence-corrected chi connectivity index (χ0v) is 34.2. The Balaban J connectivity index is 1.02. The van der Waals surface area contributed by atoms with Crippen LogP contribution >= 0.6 is 0 Å². The zero-order valence-electron chi connectivity index (χ0n) is 34.2. The van der Waals surface area contributed by atoms with Gasteiger partial charge in [0.15, 0.2) is 0 Å². The lowest BCUT2D eigenvalue weighted by atomic mass is 9.98. The molecule has 1 aliphatic heterocycles. The number of nitrogens with one attached hydrogen (secondary N) is 4. The van der Waals surface area contributed by atoms with Crippen LogP contribution in [0.15, 0.2) is 97.3 Å². The summed E-state index contributed by atoms with van der Waals surface area (Å²) in [5, 5.41) is 6.92. The van der Waals surface area contributed by atoms with Gasteiger partial charge >= 0.3 is 18.4 Å². The number of H-pyrrole nitrogens is 2. The van der Waals surface area contributed by atoms with E-state index in [-0.39, 0.29) is 24.6 Å². The third kappa shape index (κ3) is 9.72. The van der Waals surface area contributed by atoms with Crippen LogP contribution in [0, 0.1) is 0 Å². The minimum Gasteiger partial charge on any atom is -0.453 e. The van der Waals surface area contributed by atoms with Crippen molar-refractivity contribution in [3.05, 3.63) is 120 Å². The molecule has 0 saturated carbocycles. The number of hydrogen-bond donors (Lipinski definition) is 4. The smallest absolute Gasteiger partial charge is 0.416 e. The molecule has 17 heteroatoms. The van der Waals surface area contributed by atoms with Crippen LogP contribution in [0.3, 0.4) is 0 Å². The summed E-state index contributed by atoms with van der Waals surface area (Å²) in [6.45, 7) is 2.89. The number of benzene rings is 4. The summed E-state index contributed by atoms with van der Waals surface area (Å²) < 4.78 is 50.0. The van der Waals surface area contributed by atoms with Crippen molar-refractivity contribution < 1.29 is 41.8 Å². The van der Waals surface area contributed by atoms with Crippen LogP contribution in [0.2, 0.25) is 0 Å². The average Bonchev–Trinajstić information content (AvgIpc) is 4.08. The van der Waals surface area contributed by atoms with Crippen molar-refractivity contribution in [1.29, 1.82) is 0 Å². The number of fused-ring (bicyclic) bond motifs is 1. The zero-order chi connectivity index (χ0) is 44.0. The number of methoxy groups -OCH3 is 2. The maximum atomic E-state index is 14.0. The molecular weight excluding hydrogens is 806 g/mol. The van der Waals surface area contributed by atoms with E-state index >= 15 is 0 Å². The van der Waals surface area contributed by atoms with Crippen molar-refractivity contribution in [2.45, 2.75) is 51.0 Å². The predicted octanol–water partition coefficient (Wildman–Crippen LogP) is 8.16. The molecule has 2 aromatic heterocycles. The molecule has 0 aliphatic carbocycles. The van der Waals surface area contributed by atoms with E-state index in [1.165, 1.54) is 24.1 Å². The first-order valence-corrected chi connectivity index (χ1v) is 20.0. The van der Waals surface area contributed by atoms with Crippen molar-refractivity contribution in [3.63, 3.8) is 0 Å². The summed E-state index contributed by atoms with van der Waals surface area (Å²) in [5.74, 6) is 0.327. The summed E-state index contributed by atoms with van der Waals surface area (Å²) in [6.07, 6.45) is -0.891. The molecule has 0 radical (unpaired) electrons. The number of alkyl halides is 3. The standard InChI is InChI=1S/C45H45F3N8O6/c1-4-18-55(39(57)25-51-43(59)61-2)26-38-49-23-36(52-38)32-17-16-30-20-29(14-15-31(30)21-32)27-10-12-28(13-11-27)35-24-50-41(53-35)37-9-6-19-56(37)42(58)40(54-44(60)62-3)33-7-5-8-34(22-33)45(46,47)48/h5,7-8,10-17,20-24,37,40H,4,6,9,18-19,25-26H2,1-3H3,(H,49,52)(H,50,53)(H,51,59)(H,54,60)/t37-,40?/m0/s1. The quantitative estimate of drug-likeness (QED) is 0.0901. The second-order valence-corrected chi connectivity index (χ2v) is 14.8. The Morgan fingerprint density at radius 1 is 0.839 bits per heavy atom. The van der Waals surface area contributed by atoms with E-state index in [1.807, 2.05) is 43.3 Å². The van der Waals surface area contributed by atoms with Gasteiger partial charge in [-0.25, -0.2) is 19.6 Å². The Kier molecular flexibility index (Phi) is 12.9. The molecule has 0 spiro atoms. The SMILES string of the molecule is CCCN(Cc1ncc(-c2ccc3cc(-c4ccc(-c5cnc([C@@H]6CCCN6C(=O)C(NC(=O)OC)c6cccc(C(F)(F)F)c6)[nH]5)cc4)ccc3c2)[nH]1)C(=O)CNC(=O)OC. The first kappa shape index (κ1) is 42.9. The Morgan fingerprint density at radius 2 is 1.50 bits per heavy atom. The van der Waals surface area contributed by atoms with E-state index in [0.29, 0.717) is 37.6 Å². The number of amides is 4. The van der Waals surface area contributed by atoms with E-state index < -0.39 is 41.9 Å². The van der Waals surface area contributed by atoms with Crippen molar-refractivity contribution in [2.75, 3.05) is 33.9 Å². The Bertz CT molecular complexity index is 2570. The van der Waals surface area contributed by atoms with Crippen molar-refractivity contribution in [1.82, 2.24) is 40.4 Å². The van der Waals surface area contributed by atoms with Crippen LogP contribution < -0.4 is 10.6 Å². The summed E-state index contributed by atoms with van der Waals surface area (Å²) in [4.78, 5) is 69.4. The first-order chi connectivity index (χ1) is 29.8. The van der Waals surface area contributed by atoms with Crippen molar-refractivity contribution in [3.8, 4) is 33.6 Å². The van der Waals surface area contributed by atoms with E-state index in [9.17, 15) is 32.3 Å². The number of carbonyl (C=O) groups excluding carboxylic acids is 4. The van der Waals surface area contributed by atoms with Crippen LogP contribution in [0.25, 0.3) is 44.4 Å². The fraction of sp³-hybridized carbons (Fsp3) is 0.289. The number of aromatic amines is 2. The molecule has 1 unspecified atom stereocenters. The van der Waals surface area contributed by atoms with Crippen LogP contribution in [0.5, 0.6) is 0 Å². The van der Waals surface area contributed by atoms with E-state index in [2.05, 4.69) is 59.6 Å². The molecule has 2 atom stereocenters. The molecule has 4 amide bonds. The second-order valence-electron chi connectivity index (χ2n) is 14.8. The van der Waals surface area contributed by atoms with Gasteiger partial charge in [0, 0.05) is 18.7 Å². The molecule has 322 valence electrons. The number of likely N-dealkylation sites (tertiary alicyclic amines) is 1. The summed E-state index contributed by atoms with van der Waals surface area (Å²) in [7, 11) is 2.36. The number of hydrogen-bond acceptors (Lipinski definition) is 8. The number of ether oxygens (including phenoxy) is 2. The van der Waals surface area contributed by atoms with E-state index in [0.717, 1.165) is 70.1 Å². The number of nitrogens with zero attached hydrogens (tertiary/aromatic N) is 4. The Morgan fingerprint density at radius 3 is 2.21 bits per heavy atom. The van der Waals surface area contributed by atoms with Crippen molar-refractivity contribution >= 4 is 34.8 Å². The number of imidazole rings is 2. The van der Waals surface area contributed by atoms with Gasteiger partial charge in [0.05, 0.1) is 56.2 Å². The molecule has 1 saturated heterocycles. The molecule has 3 heterocycles. The Labute approximate surface area is 354 Å². The molecule has 62 heavy (non-hydrogen) atoms. The minimum atomic E-state index is -4.64. The number of halogens is 3. The molecule has 0 bridgehead atoms. The highest BCUT2D eigenvalue weighted by molar-refractivity contribution is 5.91. The molecule has 14 nitrogen and oxygen atoms in total. The van der Waals surface area contributed by atoms with Gasteiger partial charge in [0.1, 0.15) is 24.2 Å². The largest absolute Gasteiger partial charge is 0.453 e. The average molecular weight is 851 g/mol. The van der Waals surface area contributed by atoms with Gasteiger partial charge in [-0.05, 0) is 76.6 Å². The van der Waals surface area contributed by atoms with E-state index in [1.54, 1.807) is 17.3 Å². The third-order valence-corrected chi connectivity index (χ3v) is 10.8. The van der Waals surface area contributed by atoms with Crippen LogP contribution in [-0.4, -0.2) is 87.6 Å². The van der Waals surface area contributed by atoms with Gasteiger partial charge in [0.25, 0.3) is 5.91 Å². The number of alkyl carbamates (subject to hydrolysis) is 2. The highest BCUT2D eigenvalue weighted by Gasteiger charge is 2.38. The van der Waals surface area contributed by atoms with Gasteiger partial charge in [-0.3, -0.25) is 9.59 Å². The van der Waals surface area contributed by atoms with Crippen LogP contribution in [0.1, 0.15) is 61.0 Å². The van der Waals surface area contributed by atoms with Gasteiger partial charge in [0.2, 0.25) is 5.91 Å². The molecular formula is C45H45F3N8O6. The minimum absolute atomic E-state index is 0.0172. The molecule has 1 aliphatic rings. The fourth-order valence-electron chi connectivity index (χ4n) is 7.59. The summed E-state index contributed by atoms with van der Waals surface area (Å²) in [6, 6.07) is 22.8. The molecule has 4 aromatic carbocycles. The van der Waals surface area contributed by atoms with Crippen LogP contribution in [0.4, 0.5) is 22.8 Å². The summed E-state index contributed by atoms with van der Waals surface area (Å²) >= 11 is 0. The fourth-order valence-corrected chi connectivity index (χ4v) is 7.59. The highest BCUT2D eigenvalue weighted by atomic mass is 19.4. The number of rotatable bonds is 13. The van der Waals surface area contributed by atoms with Crippen LogP contribution in [-0.2, 0) is 31.8 Å². The first-order valence-electron chi connectivity index (χ1n) is 20.0. The number of aromatic nitrogens is 4. The molecule has 4 N–H and O–H groups in total.